The van der Waals surface area contributed by atoms with Crippen molar-refractivity contribution in [3.63, 3.8) is 0 Å². The van der Waals surface area contributed by atoms with E-state index in [1.165, 1.54) is 0 Å². The lowest BCUT2D eigenvalue weighted by Gasteiger charge is -2.25. The lowest BCUT2D eigenvalue weighted by molar-refractivity contribution is 0.0745. The van der Waals surface area contributed by atoms with Crippen LogP contribution in [0.15, 0.2) is 12.1 Å². The van der Waals surface area contributed by atoms with Gasteiger partial charge < -0.3 is 10.2 Å². The van der Waals surface area contributed by atoms with Crippen LogP contribution in [0, 0.1) is 5.92 Å². The molecular formula is C17H29N3O. The third-order valence-electron chi connectivity index (χ3n) is 3.35. The molecule has 0 radical (unpaired) electrons. The standard InChI is InChI=1S/C17H29N3O/c1-8-20(11-12(2)3)16(21)13-9-14(17(4,5)6)19-15(10-13)18-7/h9-10,12H,8,11H2,1-7H3,(H,18,19). The number of amides is 1. The van der Waals surface area contributed by atoms with E-state index in [0.29, 0.717) is 11.5 Å². The highest BCUT2D eigenvalue weighted by atomic mass is 16.2. The Balaban J connectivity index is 3.19. The van der Waals surface area contributed by atoms with E-state index in [4.69, 9.17) is 0 Å². The summed E-state index contributed by atoms with van der Waals surface area (Å²) in [6.07, 6.45) is 0. The van der Waals surface area contributed by atoms with Crippen molar-refractivity contribution in [3.05, 3.63) is 23.4 Å². The molecule has 0 fully saturated rings. The number of hydrogen-bond donors (Lipinski definition) is 1. The highest BCUT2D eigenvalue weighted by molar-refractivity contribution is 5.95. The average Bonchev–Trinajstić information content (AvgIpc) is 2.42. The molecule has 4 nitrogen and oxygen atoms in total. The monoisotopic (exact) mass is 291 g/mol. The van der Waals surface area contributed by atoms with Gasteiger partial charge in [-0.3, -0.25) is 4.79 Å². The normalized spacial score (nSPS) is 11.6. The minimum atomic E-state index is -0.0863. The van der Waals surface area contributed by atoms with Gasteiger partial charge in [-0.1, -0.05) is 34.6 Å². The predicted octanol–water partition coefficient (Wildman–Crippen LogP) is 3.54. The van der Waals surface area contributed by atoms with Crippen LogP contribution >= 0.6 is 0 Å². The van der Waals surface area contributed by atoms with E-state index in [9.17, 15) is 4.79 Å². The molecular weight excluding hydrogens is 262 g/mol. The molecule has 0 spiro atoms. The molecule has 1 N–H and O–H groups in total. The maximum Gasteiger partial charge on any atom is 0.254 e. The Hall–Kier alpha value is -1.58. The van der Waals surface area contributed by atoms with Crippen LogP contribution < -0.4 is 5.32 Å². The Labute approximate surface area is 129 Å². The van der Waals surface area contributed by atoms with E-state index >= 15 is 0 Å². The quantitative estimate of drug-likeness (QED) is 0.902. The summed E-state index contributed by atoms with van der Waals surface area (Å²) < 4.78 is 0. The topological polar surface area (TPSA) is 45.2 Å². The van der Waals surface area contributed by atoms with Gasteiger partial charge in [-0.15, -0.1) is 0 Å². The molecule has 0 atom stereocenters. The largest absolute Gasteiger partial charge is 0.373 e. The Kier molecular flexibility index (Phi) is 5.76. The first-order chi connectivity index (χ1) is 9.68. The van der Waals surface area contributed by atoms with Gasteiger partial charge in [0.1, 0.15) is 5.82 Å². The van der Waals surface area contributed by atoms with E-state index in [2.05, 4.69) is 44.9 Å². The molecule has 0 unspecified atom stereocenters. The molecule has 0 aliphatic rings. The number of pyridine rings is 1. The van der Waals surface area contributed by atoms with E-state index in [1.807, 2.05) is 31.0 Å². The second-order valence-electron chi connectivity index (χ2n) is 6.86. The van der Waals surface area contributed by atoms with Gasteiger partial charge in [-0.05, 0) is 25.0 Å². The molecule has 1 amide bonds. The third-order valence-corrected chi connectivity index (χ3v) is 3.35. The second-order valence-corrected chi connectivity index (χ2v) is 6.86. The maximum atomic E-state index is 12.7. The SMILES string of the molecule is CCN(CC(C)C)C(=O)c1cc(NC)nc(C(C)(C)C)c1. The Morgan fingerprint density at radius 1 is 1.33 bits per heavy atom. The second kappa shape index (κ2) is 6.92. The average molecular weight is 291 g/mol. The molecule has 0 saturated heterocycles. The molecule has 1 aromatic rings. The maximum absolute atomic E-state index is 12.7. The smallest absolute Gasteiger partial charge is 0.254 e. The summed E-state index contributed by atoms with van der Waals surface area (Å²) >= 11 is 0. The molecule has 118 valence electrons. The lowest BCUT2D eigenvalue weighted by Crippen LogP contribution is -2.34. The van der Waals surface area contributed by atoms with Crippen molar-refractivity contribution in [2.75, 3.05) is 25.5 Å². The third kappa shape index (κ3) is 4.73. The summed E-state index contributed by atoms with van der Waals surface area (Å²) in [6, 6.07) is 3.76. The van der Waals surface area contributed by atoms with Crippen molar-refractivity contribution < 1.29 is 4.79 Å². The van der Waals surface area contributed by atoms with E-state index < -0.39 is 0 Å². The van der Waals surface area contributed by atoms with E-state index in [0.717, 1.165) is 24.6 Å². The number of anilines is 1. The van der Waals surface area contributed by atoms with Gasteiger partial charge in [0.2, 0.25) is 0 Å². The Morgan fingerprint density at radius 2 is 1.95 bits per heavy atom. The van der Waals surface area contributed by atoms with Gasteiger partial charge in [-0.25, -0.2) is 4.98 Å². The van der Waals surface area contributed by atoms with Crippen LogP contribution in [0.4, 0.5) is 5.82 Å². The number of aromatic nitrogens is 1. The summed E-state index contributed by atoms with van der Waals surface area (Å²) in [5.74, 6) is 1.28. The zero-order valence-electron chi connectivity index (χ0n) is 14.4. The fourth-order valence-electron chi connectivity index (χ4n) is 2.15. The molecule has 4 heteroatoms. The van der Waals surface area contributed by atoms with Crippen molar-refractivity contribution in [1.82, 2.24) is 9.88 Å². The van der Waals surface area contributed by atoms with Crippen LogP contribution in [0.25, 0.3) is 0 Å². The summed E-state index contributed by atoms with van der Waals surface area (Å²) in [4.78, 5) is 19.2. The zero-order chi connectivity index (χ0) is 16.2. The van der Waals surface area contributed by atoms with Crippen LogP contribution in [-0.4, -0.2) is 35.9 Å². The minimum Gasteiger partial charge on any atom is -0.373 e. The van der Waals surface area contributed by atoms with Gasteiger partial charge in [0.25, 0.3) is 5.91 Å². The van der Waals surface area contributed by atoms with Crippen LogP contribution in [0.5, 0.6) is 0 Å². The van der Waals surface area contributed by atoms with Crippen molar-refractivity contribution in [3.8, 4) is 0 Å². The van der Waals surface area contributed by atoms with E-state index in [1.54, 1.807) is 0 Å². The number of nitrogens with zero attached hydrogens (tertiary/aromatic N) is 2. The zero-order valence-corrected chi connectivity index (χ0v) is 14.4. The molecule has 0 aromatic carbocycles. The number of carbonyl (C=O) groups is 1. The van der Waals surface area contributed by atoms with E-state index in [-0.39, 0.29) is 11.3 Å². The van der Waals surface area contributed by atoms with Gasteiger partial charge >= 0.3 is 0 Å². The molecule has 21 heavy (non-hydrogen) atoms. The van der Waals surface area contributed by atoms with Crippen LogP contribution in [0.3, 0.4) is 0 Å². The highest BCUT2D eigenvalue weighted by Crippen LogP contribution is 2.24. The fraction of sp³-hybridized carbons (Fsp3) is 0.647. The minimum absolute atomic E-state index is 0.0793. The summed E-state index contributed by atoms with van der Waals surface area (Å²) in [6.45, 7) is 14.1. The molecule has 0 aliphatic carbocycles. The van der Waals surface area contributed by atoms with Crippen molar-refractivity contribution in [2.24, 2.45) is 5.92 Å². The molecule has 1 heterocycles. The molecule has 0 saturated carbocycles. The first-order valence-electron chi connectivity index (χ1n) is 7.68. The van der Waals surface area contributed by atoms with Crippen molar-refractivity contribution in [1.29, 1.82) is 0 Å². The summed E-state index contributed by atoms with van der Waals surface area (Å²) in [5.41, 5.74) is 1.55. The van der Waals surface area contributed by atoms with Crippen molar-refractivity contribution >= 4 is 11.7 Å². The van der Waals surface area contributed by atoms with Crippen molar-refractivity contribution in [2.45, 2.75) is 47.0 Å². The molecule has 1 aromatic heterocycles. The number of nitrogens with one attached hydrogen (secondary N) is 1. The predicted molar refractivity (Wildman–Crippen MR) is 88.9 cm³/mol. The van der Waals surface area contributed by atoms with Crippen LogP contribution in [0.2, 0.25) is 0 Å². The van der Waals surface area contributed by atoms with Gasteiger partial charge in [-0.2, -0.15) is 0 Å². The first-order valence-corrected chi connectivity index (χ1v) is 7.68. The molecule has 0 bridgehead atoms. The Morgan fingerprint density at radius 3 is 2.38 bits per heavy atom. The van der Waals surface area contributed by atoms with Crippen LogP contribution in [0.1, 0.15) is 57.6 Å². The van der Waals surface area contributed by atoms with Gasteiger partial charge in [0.15, 0.2) is 0 Å². The lowest BCUT2D eigenvalue weighted by atomic mass is 9.90. The number of rotatable bonds is 5. The summed E-state index contributed by atoms with van der Waals surface area (Å²) in [5, 5.41) is 3.05. The molecule has 1 rings (SSSR count). The molecule has 0 aliphatic heterocycles. The number of hydrogen-bond acceptors (Lipinski definition) is 3. The fourth-order valence-corrected chi connectivity index (χ4v) is 2.15. The number of carbonyl (C=O) groups excluding carboxylic acids is 1. The summed E-state index contributed by atoms with van der Waals surface area (Å²) in [7, 11) is 1.83. The van der Waals surface area contributed by atoms with Gasteiger partial charge in [0.05, 0.1) is 0 Å². The Bertz CT molecular complexity index is 489. The first kappa shape index (κ1) is 17.5. The van der Waals surface area contributed by atoms with Gasteiger partial charge in [0, 0.05) is 36.8 Å². The van der Waals surface area contributed by atoms with Crippen LogP contribution in [-0.2, 0) is 5.41 Å². The highest BCUT2D eigenvalue weighted by Gasteiger charge is 2.21.